The molecule has 1 unspecified atom stereocenters. The van der Waals surface area contributed by atoms with Crippen LogP contribution in [0.15, 0.2) is 24.3 Å². The Hall–Kier alpha value is -0.930. The zero-order chi connectivity index (χ0) is 12.7. The molecule has 0 spiro atoms. The largest absolute Gasteiger partial charge is 0.381 e. The van der Waals surface area contributed by atoms with E-state index in [1.807, 2.05) is 24.3 Å². The minimum absolute atomic E-state index is 0.0818. The molecule has 96 valence electrons. The van der Waals surface area contributed by atoms with Crippen LogP contribution in [0, 0.1) is 0 Å². The summed E-state index contributed by atoms with van der Waals surface area (Å²) in [6.45, 7) is 2.67. The molecule has 1 rings (SSSR count). The molecule has 0 fully saturated rings. The van der Waals surface area contributed by atoms with Crippen molar-refractivity contribution in [2.24, 2.45) is 5.73 Å². The van der Waals surface area contributed by atoms with E-state index in [4.69, 9.17) is 10.5 Å². The van der Waals surface area contributed by atoms with Gasteiger partial charge in [-0.25, -0.2) is 4.39 Å². The summed E-state index contributed by atoms with van der Waals surface area (Å²) in [4.78, 5) is 0. The van der Waals surface area contributed by atoms with E-state index < -0.39 is 5.67 Å². The summed E-state index contributed by atoms with van der Waals surface area (Å²) in [7, 11) is 1.52. The van der Waals surface area contributed by atoms with E-state index in [2.05, 4.69) is 6.92 Å². The number of methoxy groups -OCH3 is 1. The van der Waals surface area contributed by atoms with Crippen molar-refractivity contribution < 1.29 is 9.13 Å². The van der Waals surface area contributed by atoms with Crippen molar-refractivity contribution in [1.82, 2.24) is 0 Å². The average Bonchev–Trinajstić information content (AvgIpc) is 2.37. The number of ether oxygens (including phenoxy) is 1. The zero-order valence-corrected chi connectivity index (χ0v) is 10.7. The van der Waals surface area contributed by atoms with Crippen LogP contribution in [-0.2, 0) is 16.8 Å². The normalized spacial score (nSPS) is 14.6. The first-order chi connectivity index (χ1) is 8.16. The molecule has 2 nitrogen and oxygen atoms in total. The molecule has 17 heavy (non-hydrogen) atoms. The lowest BCUT2D eigenvalue weighted by Crippen LogP contribution is -2.27. The van der Waals surface area contributed by atoms with E-state index >= 15 is 0 Å². The molecular weight excluding hydrogens is 217 g/mol. The van der Waals surface area contributed by atoms with Crippen LogP contribution in [0.1, 0.15) is 30.9 Å². The van der Waals surface area contributed by atoms with E-state index in [0.717, 1.165) is 6.42 Å². The molecular formula is C14H22FNO. The summed E-state index contributed by atoms with van der Waals surface area (Å²) in [6, 6.07) is 7.66. The second-order valence-electron chi connectivity index (χ2n) is 4.34. The van der Waals surface area contributed by atoms with Gasteiger partial charge in [0.1, 0.15) is 0 Å². The topological polar surface area (TPSA) is 35.2 Å². The molecule has 0 heterocycles. The number of alkyl halides is 1. The van der Waals surface area contributed by atoms with Gasteiger partial charge in [0.2, 0.25) is 0 Å². The third kappa shape index (κ3) is 3.79. The highest BCUT2D eigenvalue weighted by molar-refractivity contribution is 5.27. The van der Waals surface area contributed by atoms with Crippen LogP contribution in [0.2, 0.25) is 0 Å². The monoisotopic (exact) mass is 239 g/mol. The Kier molecular flexibility index (Phi) is 5.59. The number of nitrogens with two attached hydrogens (primary N) is 1. The molecule has 2 N–H and O–H groups in total. The second kappa shape index (κ2) is 6.72. The first kappa shape index (κ1) is 14.1. The van der Waals surface area contributed by atoms with Crippen molar-refractivity contribution in [3.05, 3.63) is 35.4 Å². The van der Waals surface area contributed by atoms with Gasteiger partial charge in [-0.3, -0.25) is 0 Å². The third-order valence-electron chi connectivity index (χ3n) is 3.03. The van der Waals surface area contributed by atoms with Crippen LogP contribution in [-0.4, -0.2) is 20.3 Å². The SMILES string of the molecule is CCc1ccc(C(F)(CCCN)COC)cc1. The molecule has 3 heteroatoms. The fraction of sp³-hybridized carbons (Fsp3) is 0.571. The number of hydrogen-bond donors (Lipinski definition) is 1. The fourth-order valence-electron chi connectivity index (χ4n) is 1.95. The van der Waals surface area contributed by atoms with Crippen LogP contribution in [0.25, 0.3) is 0 Å². The molecule has 0 aliphatic carbocycles. The van der Waals surface area contributed by atoms with E-state index in [1.54, 1.807) is 0 Å². The molecule has 0 aliphatic rings. The Bertz CT molecular complexity index is 325. The molecule has 0 amide bonds. The van der Waals surface area contributed by atoms with Crippen LogP contribution >= 0.6 is 0 Å². The van der Waals surface area contributed by atoms with Gasteiger partial charge >= 0.3 is 0 Å². The highest BCUT2D eigenvalue weighted by atomic mass is 19.1. The van der Waals surface area contributed by atoms with Gasteiger partial charge in [-0.05, 0) is 36.9 Å². The summed E-state index contributed by atoms with van der Waals surface area (Å²) >= 11 is 0. The highest BCUT2D eigenvalue weighted by Gasteiger charge is 2.31. The average molecular weight is 239 g/mol. The molecule has 0 bridgehead atoms. The van der Waals surface area contributed by atoms with E-state index in [0.29, 0.717) is 24.9 Å². The summed E-state index contributed by atoms with van der Waals surface area (Å²) in [6.07, 6.45) is 2.03. The minimum atomic E-state index is -1.42. The van der Waals surface area contributed by atoms with Gasteiger partial charge in [-0.2, -0.15) is 0 Å². The van der Waals surface area contributed by atoms with Crippen molar-refractivity contribution in [3.63, 3.8) is 0 Å². The lowest BCUT2D eigenvalue weighted by atomic mass is 9.91. The van der Waals surface area contributed by atoms with Crippen LogP contribution in [0.3, 0.4) is 0 Å². The van der Waals surface area contributed by atoms with Crippen molar-refractivity contribution in [2.75, 3.05) is 20.3 Å². The Morgan fingerprint density at radius 2 is 1.94 bits per heavy atom. The molecule has 0 saturated heterocycles. The molecule has 1 atom stereocenters. The Labute approximate surface area is 103 Å². The van der Waals surface area contributed by atoms with E-state index in [9.17, 15) is 4.39 Å². The minimum Gasteiger partial charge on any atom is -0.381 e. The van der Waals surface area contributed by atoms with E-state index in [-0.39, 0.29) is 6.61 Å². The maximum Gasteiger partial charge on any atom is 0.159 e. The van der Waals surface area contributed by atoms with Crippen LogP contribution in [0.5, 0.6) is 0 Å². The van der Waals surface area contributed by atoms with E-state index in [1.165, 1.54) is 12.7 Å². The molecule has 1 aromatic rings. The zero-order valence-electron chi connectivity index (χ0n) is 10.7. The van der Waals surface area contributed by atoms with Gasteiger partial charge in [0, 0.05) is 7.11 Å². The Balaban J connectivity index is 2.87. The van der Waals surface area contributed by atoms with Gasteiger partial charge in [0.15, 0.2) is 5.67 Å². The van der Waals surface area contributed by atoms with Crippen molar-refractivity contribution in [3.8, 4) is 0 Å². The van der Waals surface area contributed by atoms with Gasteiger partial charge in [-0.1, -0.05) is 31.2 Å². The number of halogens is 1. The predicted molar refractivity (Wildman–Crippen MR) is 68.8 cm³/mol. The fourth-order valence-corrected chi connectivity index (χ4v) is 1.95. The molecule has 1 aromatic carbocycles. The van der Waals surface area contributed by atoms with Crippen molar-refractivity contribution in [2.45, 2.75) is 31.9 Å². The van der Waals surface area contributed by atoms with Crippen molar-refractivity contribution in [1.29, 1.82) is 0 Å². The van der Waals surface area contributed by atoms with Crippen molar-refractivity contribution >= 4 is 0 Å². The number of aryl methyl sites for hydroxylation is 1. The Morgan fingerprint density at radius 3 is 2.41 bits per heavy atom. The molecule has 0 saturated carbocycles. The first-order valence-corrected chi connectivity index (χ1v) is 6.13. The smallest absolute Gasteiger partial charge is 0.159 e. The van der Waals surface area contributed by atoms with Gasteiger partial charge < -0.3 is 10.5 Å². The Morgan fingerprint density at radius 1 is 1.29 bits per heavy atom. The molecule has 0 aromatic heterocycles. The summed E-state index contributed by atoms with van der Waals surface area (Å²) in [5.74, 6) is 0. The maximum atomic E-state index is 14.8. The highest BCUT2D eigenvalue weighted by Crippen LogP contribution is 2.31. The quantitative estimate of drug-likeness (QED) is 0.794. The first-order valence-electron chi connectivity index (χ1n) is 6.13. The number of benzene rings is 1. The predicted octanol–water partition coefficient (Wildman–Crippen LogP) is 2.80. The summed E-state index contributed by atoms with van der Waals surface area (Å²) < 4.78 is 19.8. The summed E-state index contributed by atoms with van der Waals surface area (Å²) in [5, 5.41) is 0. The third-order valence-corrected chi connectivity index (χ3v) is 3.03. The lowest BCUT2D eigenvalue weighted by molar-refractivity contribution is 0.0304. The number of rotatable bonds is 7. The van der Waals surface area contributed by atoms with Gasteiger partial charge in [0.25, 0.3) is 0 Å². The molecule has 0 radical (unpaired) electrons. The van der Waals surface area contributed by atoms with Crippen LogP contribution in [0.4, 0.5) is 4.39 Å². The number of hydrogen-bond acceptors (Lipinski definition) is 2. The standard InChI is InChI=1S/C14H22FNO/c1-3-12-5-7-13(8-6-12)14(15,11-17-2)9-4-10-16/h5-8H,3-4,9-11,16H2,1-2H3. The molecule has 0 aliphatic heterocycles. The maximum absolute atomic E-state index is 14.8. The summed E-state index contributed by atoms with van der Waals surface area (Å²) in [5.41, 5.74) is 5.93. The van der Waals surface area contributed by atoms with Gasteiger partial charge in [0.05, 0.1) is 6.61 Å². The lowest BCUT2D eigenvalue weighted by Gasteiger charge is -2.25. The van der Waals surface area contributed by atoms with Crippen LogP contribution < -0.4 is 5.73 Å². The second-order valence-corrected chi connectivity index (χ2v) is 4.34. The van der Waals surface area contributed by atoms with Gasteiger partial charge in [-0.15, -0.1) is 0 Å².